The normalized spacial score (nSPS) is 32.3. The summed E-state index contributed by atoms with van der Waals surface area (Å²) in [6, 6.07) is 2.25. The second-order valence-corrected chi connectivity index (χ2v) is 7.77. The number of nitrogens with one attached hydrogen (secondary N) is 1. The van der Waals surface area contributed by atoms with Crippen molar-refractivity contribution < 1.29 is 0 Å². The van der Waals surface area contributed by atoms with E-state index >= 15 is 0 Å². The van der Waals surface area contributed by atoms with Gasteiger partial charge in [-0.05, 0) is 24.2 Å². The second kappa shape index (κ2) is 5.50. The van der Waals surface area contributed by atoms with Crippen molar-refractivity contribution in [2.24, 2.45) is 11.3 Å². The van der Waals surface area contributed by atoms with Crippen LogP contribution in [0.3, 0.4) is 0 Å². The molecule has 0 bridgehead atoms. The van der Waals surface area contributed by atoms with Gasteiger partial charge in [0.05, 0.1) is 0 Å². The molecule has 2 nitrogen and oxygen atoms in total. The quantitative estimate of drug-likeness (QED) is 0.811. The number of piperazine rings is 1. The van der Waals surface area contributed by atoms with Crippen LogP contribution < -0.4 is 5.32 Å². The Hall–Kier alpha value is -0.0800. The van der Waals surface area contributed by atoms with E-state index in [4.69, 9.17) is 0 Å². The lowest BCUT2D eigenvalue weighted by molar-refractivity contribution is 0.0309. The summed E-state index contributed by atoms with van der Waals surface area (Å²) in [4.78, 5) is 2.85. The Balaban J connectivity index is 2.08. The van der Waals surface area contributed by atoms with E-state index in [0.717, 1.165) is 18.0 Å². The van der Waals surface area contributed by atoms with Gasteiger partial charge in [-0.3, -0.25) is 4.90 Å². The van der Waals surface area contributed by atoms with Crippen molar-refractivity contribution in [3.63, 3.8) is 0 Å². The van der Waals surface area contributed by atoms with Crippen LogP contribution in [0.5, 0.6) is 0 Å². The molecule has 2 fully saturated rings. The molecule has 1 saturated carbocycles. The first-order valence-corrected chi connectivity index (χ1v) is 7.88. The highest BCUT2D eigenvalue weighted by molar-refractivity contribution is 4.96. The molecule has 1 aliphatic heterocycles. The highest BCUT2D eigenvalue weighted by atomic mass is 15.3. The van der Waals surface area contributed by atoms with Crippen molar-refractivity contribution in [2.45, 2.75) is 78.4 Å². The molecule has 2 unspecified atom stereocenters. The van der Waals surface area contributed by atoms with Gasteiger partial charge in [-0.1, -0.05) is 47.5 Å². The largest absolute Gasteiger partial charge is 0.311 e. The van der Waals surface area contributed by atoms with E-state index in [-0.39, 0.29) is 0 Å². The Morgan fingerprint density at radius 3 is 2.22 bits per heavy atom. The maximum atomic E-state index is 3.80. The van der Waals surface area contributed by atoms with E-state index in [9.17, 15) is 0 Å². The average molecular weight is 252 g/mol. The van der Waals surface area contributed by atoms with Crippen LogP contribution in [0.15, 0.2) is 0 Å². The molecular weight excluding hydrogens is 220 g/mol. The summed E-state index contributed by atoms with van der Waals surface area (Å²) in [5.41, 5.74) is 0.374. The molecule has 0 spiro atoms. The van der Waals surface area contributed by atoms with Gasteiger partial charge in [-0.25, -0.2) is 0 Å². The van der Waals surface area contributed by atoms with Gasteiger partial charge in [-0.15, -0.1) is 0 Å². The van der Waals surface area contributed by atoms with Gasteiger partial charge >= 0.3 is 0 Å². The molecule has 1 N–H and O–H groups in total. The molecule has 2 rings (SSSR count). The topological polar surface area (TPSA) is 15.3 Å². The first kappa shape index (κ1) is 14.3. The van der Waals surface area contributed by atoms with E-state index in [1.807, 2.05) is 0 Å². The number of hydrogen-bond donors (Lipinski definition) is 1. The van der Waals surface area contributed by atoms with Crippen LogP contribution in [0, 0.1) is 11.3 Å². The molecule has 1 saturated heterocycles. The summed E-state index contributed by atoms with van der Waals surface area (Å²) >= 11 is 0. The van der Waals surface area contributed by atoms with Crippen LogP contribution in [0.25, 0.3) is 0 Å². The van der Waals surface area contributed by atoms with Crippen LogP contribution in [0.1, 0.15) is 60.3 Å². The lowest BCUT2D eigenvalue weighted by Crippen LogP contribution is -2.63. The van der Waals surface area contributed by atoms with E-state index < -0.39 is 0 Å². The van der Waals surface area contributed by atoms with Gasteiger partial charge in [0, 0.05) is 31.2 Å². The van der Waals surface area contributed by atoms with E-state index in [2.05, 4.69) is 44.8 Å². The van der Waals surface area contributed by atoms with Gasteiger partial charge in [-0.2, -0.15) is 0 Å². The van der Waals surface area contributed by atoms with Gasteiger partial charge in [0.2, 0.25) is 0 Å². The Morgan fingerprint density at radius 2 is 1.72 bits per heavy atom. The van der Waals surface area contributed by atoms with Crippen LogP contribution >= 0.6 is 0 Å². The predicted molar refractivity (Wildman–Crippen MR) is 78.8 cm³/mol. The Morgan fingerprint density at radius 1 is 1.11 bits per heavy atom. The molecule has 2 aliphatic rings. The van der Waals surface area contributed by atoms with Crippen LogP contribution in [-0.4, -0.2) is 36.1 Å². The molecule has 0 aromatic carbocycles. The summed E-state index contributed by atoms with van der Waals surface area (Å²) in [5, 5.41) is 3.80. The maximum Gasteiger partial charge on any atom is 0.0247 e. The van der Waals surface area contributed by atoms with Crippen LogP contribution in [0.2, 0.25) is 0 Å². The van der Waals surface area contributed by atoms with Gasteiger partial charge in [0.25, 0.3) is 0 Å². The van der Waals surface area contributed by atoms with Gasteiger partial charge in [0.15, 0.2) is 0 Å². The Labute approximate surface area is 114 Å². The third-order valence-electron chi connectivity index (χ3n) is 5.00. The summed E-state index contributed by atoms with van der Waals surface area (Å²) in [5.74, 6) is 0.763. The number of nitrogens with zero attached hydrogens (tertiary/aromatic N) is 1. The molecular formula is C16H32N2. The summed E-state index contributed by atoms with van der Waals surface area (Å²) in [6.45, 7) is 14.3. The molecule has 0 aromatic heterocycles. The maximum absolute atomic E-state index is 3.80. The minimum Gasteiger partial charge on any atom is -0.311 e. The zero-order valence-electron chi connectivity index (χ0n) is 13.0. The van der Waals surface area contributed by atoms with Crippen molar-refractivity contribution >= 4 is 0 Å². The standard InChI is InChI=1S/C16H32N2/c1-12(2)14-10-17-15(16(3,4)5)11-18(14)13-8-6-7-9-13/h12-15,17H,6-11H2,1-5H3. The molecule has 0 amide bonds. The van der Waals surface area contributed by atoms with Gasteiger partial charge < -0.3 is 5.32 Å². The van der Waals surface area contributed by atoms with Crippen molar-refractivity contribution in [1.82, 2.24) is 10.2 Å². The lowest BCUT2D eigenvalue weighted by Gasteiger charge is -2.49. The molecule has 0 aromatic rings. The molecule has 2 atom stereocenters. The SMILES string of the molecule is CC(C)C1CNC(C(C)(C)C)CN1C1CCCC1. The Kier molecular flexibility index (Phi) is 4.38. The molecule has 18 heavy (non-hydrogen) atoms. The smallest absolute Gasteiger partial charge is 0.0247 e. The fraction of sp³-hybridized carbons (Fsp3) is 1.00. The molecule has 0 radical (unpaired) electrons. The number of hydrogen-bond acceptors (Lipinski definition) is 2. The molecule has 1 heterocycles. The molecule has 106 valence electrons. The zero-order chi connectivity index (χ0) is 13.3. The predicted octanol–water partition coefficient (Wildman–Crippen LogP) is 3.27. The summed E-state index contributed by atoms with van der Waals surface area (Å²) in [7, 11) is 0. The fourth-order valence-corrected chi connectivity index (χ4v) is 3.65. The van der Waals surface area contributed by atoms with E-state index in [1.165, 1.54) is 38.8 Å². The minimum atomic E-state index is 0.374. The number of rotatable bonds is 2. The van der Waals surface area contributed by atoms with Crippen LogP contribution in [0.4, 0.5) is 0 Å². The fourth-order valence-electron chi connectivity index (χ4n) is 3.65. The third kappa shape index (κ3) is 3.08. The van der Waals surface area contributed by atoms with Crippen molar-refractivity contribution in [3.8, 4) is 0 Å². The summed E-state index contributed by atoms with van der Waals surface area (Å²) in [6.07, 6.45) is 5.75. The second-order valence-electron chi connectivity index (χ2n) is 7.77. The van der Waals surface area contributed by atoms with E-state index in [1.54, 1.807) is 0 Å². The molecule has 2 heteroatoms. The first-order chi connectivity index (χ1) is 8.39. The lowest BCUT2D eigenvalue weighted by atomic mass is 9.83. The third-order valence-corrected chi connectivity index (χ3v) is 5.00. The van der Waals surface area contributed by atoms with E-state index in [0.29, 0.717) is 11.5 Å². The van der Waals surface area contributed by atoms with Crippen LogP contribution in [-0.2, 0) is 0 Å². The van der Waals surface area contributed by atoms with Crippen molar-refractivity contribution in [3.05, 3.63) is 0 Å². The van der Waals surface area contributed by atoms with Gasteiger partial charge in [0.1, 0.15) is 0 Å². The minimum absolute atomic E-state index is 0.374. The first-order valence-electron chi connectivity index (χ1n) is 7.88. The Bertz CT molecular complexity index is 261. The molecule has 1 aliphatic carbocycles. The zero-order valence-corrected chi connectivity index (χ0v) is 13.0. The highest BCUT2D eigenvalue weighted by Crippen LogP contribution is 2.32. The van der Waals surface area contributed by atoms with Crippen molar-refractivity contribution in [2.75, 3.05) is 13.1 Å². The summed E-state index contributed by atoms with van der Waals surface area (Å²) < 4.78 is 0. The average Bonchev–Trinajstić information content (AvgIpc) is 2.80. The highest BCUT2D eigenvalue weighted by Gasteiger charge is 2.38. The van der Waals surface area contributed by atoms with Crippen molar-refractivity contribution in [1.29, 1.82) is 0 Å². The monoisotopic (exact) mass is 252 g/mol.